The number of aromatic nitrogens is 2. The van der Waals surface area contributed by atoms with Crippen molar-refractivity contribution in [2.24, 2.45) is 0 Å². The van der Waals surface area contributed by atoms with Gasteiger partial charge in [0.05, 0.1) is 17.7 Å². The Bertz CT molecular complexity index is 1570. The molecule has 11 heteroatoms. The van der Waals surface area contributed by atoms with Gasteiger partial charge in [-0.05, 0) is 61.0 Å². The fourth-order valence-corrected chi connectivity index (χ4v) is 4.28. The molecule has 2 aromatic carbocycles. The second-order valence-corrected chi connectivity index (χ2v) is 9.02. The summed E-state index contributed by atoms with van der Waals surface area (Å²) in [7, 11) is -2.71. The zero-order chi connectivity index (χ0) is 24.5. The molecule has 174 valence electrons. The Morgan fingerprint density at radius 1 is 1.09 bits per heavy atom. The minimum Gasteiger partial charge on any atom is -0.495 e. The number of benzene rings is 2. The van der Waals surface area contributed by atoms with Gasteiger partial charge in [0.2, 0.25) is 0 Å². The van der Waals surface area contributed by atoms with Crippen molar-refractivity contribution in [3.63, 3.8) is 0 Å². The molecule has 1 amide bonds. The third-order valence-corrected chi connectivity index (χ3v) is 6.30. The van der Waals surface area contributed by atoms with Crippen molar-refractivity contribution in [2.75, 3.05) is 17.1 Å². The molecule has 0 aliphatic heterocycles. The number of nitrogens with one attached hydrogen (secondary N) is 2. The number of sulfonamides is 1. The number of anilines is 2. The van der Waals surface area contributed by atoms with E-state index < -0.39 is 27.3 Å². The molecule has 9 nitrogen and oxygen atoms in total. The van der Waals surface area contributed by atoms with Crippen molar-refractivity contribution in [2.45, 2.75) is 11.8 Å². The van der Waals surface area contributed by atoms with Gasteiger partial charge < -0.3 is 10.1 Å². The predicted octanol–water partition coefficient (Wildman–Crippen LogP) is 3.20. The monoisotopic (exact) mass is 482 g/mol. The highest BCUT2D eigenvalue weighted by molar-refractivity contribution is 7.92. The van der Waals surface area contributed by atoms with Crippen LogP contribution in [-0.4, -0.2) is 30.8 Å². The van der Waals surface area contributed by atoms with E-state index in [4.69, 9.17) is 4.74 Å². The molecular formula is C23H19FN4O5S. The smallest absolute Gasteiger partial charge is 0.270 e. The van der Waals surface area contributed by atoms with Crippen molar-refractivity contribution < 1.29 is 22.3 Å². The molecule has 0 unspecified atom stereocenters. The molecule has 4 rings (SSSR count). The number of hydrogen-bond donors (Lipinski definition) is 2. The zero-order valence-corrected chi connectivity index (χ0v) is 18.9. The Morgan fingerprint density at radius 3 is 2.53 bits per heavy atom. The lowest BCUT2D eigenvalue weighted by Gasteiger charge is -2.14. The molecule has 0 radical (unpaired) electrons. The van der Waals surface area contributed by atoms with Crippen molar-refractivity contribution in [1.29, 1.82) is 0 Å². The van der Waals surface area contributed by atoms with Gasteiger partial charge in [-0.25, -0.2) is 17.8 Å². The normalized spacial score (nSPS) is 11.3. The molecule has 4 aromatic rings. The number of carbonyl (C=O) groups is 1. The van der Waals surface area contributed by atoms with E-state index >= 15 is 0 Å². The van der Waals surface area contributed by atoms with Crippen LogP contribution < -0.4 is 20.3 Å². The van der Waals surface area contributed by atoms with E-state index in [9.17, 15) is 22.4 Å². The second kappa shape index (κ2) is 8.94. The molecule has 0 fully saturated rings. The van der Waals surface area contributed by atoms with Crippen LogP contribution in [0.15, 0.2) is 76.7 Å². The fourth-order valence-electron chi connectivity index (χ4n) is 3.22. The molecule has 0 spiro atoms. The number of nitrogens with zero attached hydrogens (tertiary/aromatic N) is 2. The summed E-state index contributed by atoms with van der Waals surface area (Å²) in [5.74, 6) is -1.10. The van der Waals surface area contributed by atoms with Crippen molar-refractivity contribution in [1.82, 2.24) is 9.38 Å². The highest BCUT2D eigenvalue weighted by atomic mass is 32.2. The largest absolute Gasteiger partial charge is 0.495 e. The average molecular weight is 482 g/mol. The maximum Gasteiger partial charge on any atom is 0.270 e. The van der Waals surface area contributed by atoms with Gasteiger partial charge in [-0.3, -0.25) is 18.7 Å². The molecule has 2 aromatic heterocycles. The van der Waals surface area contributed by atoms with E-state index in [1.165, 1.54) is 35.9 Å². The van der Waals surface area contributed by atoms with Crippen LogP contribution in [0.25, 0.3) is 5.65 Å². The van der Waals surface area contributed by atoms with Crippen LogP contribution in [0.5, 0.6) is 5.75 Å². The SMILES string of the molecule is COc1ccc(NC(=O)c2cnc3ccc(C)cn3c2=O)cc1NS(=O)(=O)c1ccc(F)cc1. The molecule has 34 heavy (non-hydrogen) atoms. The average Bonchev–Trinajstić information content (AvgIpc) is 2.80. The molecule has 0 bridgehead atoms. The predicted molar refractivity (Wildman–Crippen MR) is 124 cm³/mol. The quantitative estimate of drug-likeness (QED) is 0.436. The number of halogens is 1. The van der Waals surface area contributed by atoms with E-state index in [0.29, 0.717) is 5.65 Å². The van der Waals surface area contributed by atoms with Crippen LogP contribution in [0.2, 0.25) is 0 Å². The zero-order valence-electron chi connectivity index (χ0n) is 18.1. The van der Waals surface area contributed by atoms with Gasteiger partial charge in [0, 0.05) is 18.1 Å². The molecule has 2 heterocycles. The van der Waals surface area contributed by atoms with Crippen LogP contribution in [0.4, 0.5) is 15.8 Å². The van der Waals surface area contributed by atoms with Gasteiger partial charge in [0.15, 0.2) is 0 Å². The first-order chi connectivity index (χ1) is 16.2. The van der Waals surface area contributed by atoms with Crippen LogP contribution in [0.3, 0.4) is 0 Å². The number of ether oxygens (including phenoxy) is 1. The number of methoxy groups -OCH3 is 1. The lowest BCUT2D eigenvalue weighted by atomic mass is 10.2. The van der Waals surface area contributed by atoms with Crippen LogP contribution in [0.1, 0.15) is 15.9 Å². The fraction of sp³-hybridized carbons (Fsp3) is 0.0870. The van der Waals surface area contributed by atoms with Crippen LogP contribution in [0, 0.1) is 12.7 Å². The Balaban J connectivity index is 1.64. The minimum absolute atomic E-state index is 0.0357. The van der Waals surface area contributed by atoms with Gasteiger partial charge >= 0.3 is 0 Å². The number of aryl methyl sites for hydroxylation is 1. The molecule has 0 aliphatic rings. The molecule has 2 N–H and O–H groups in total. The molecule has 0 saturated heterocycles. The van der Waals surface area contributed by atoms with E-state index in [2.05, 4.69) is 15.0 Å². The molecule has 0 aliphatic carbocycles. The maximum atomic E-state index is 13.2. The van der Waals surface area contributed by atoms with Crippen molar-refractivity contribution >= 4 is 33.0 Å². The van der Waals surface area contributed by atoms with Gasteiger partial charge in [-0.2, -0.15) is 0 Å². The highest BCUT2D eigenvalue weighted by Gasteiger charge is 2.19. The summed E-state index contributed by atoms with van der Waals surface area (Å²) in [6, 6.07) is 12.0. The Hall–Kier alpha value is -4.25. The third kappa shape index (κ3) is 4.59. The van der Waals surface area contributed by atoms with Gasteiger partial charge in [-0.1, -0.05) is 6.07 Å². The first-order valence-corrected chi connectivity index (χ1v) is 11.4. The summed E-state index contributed by atoms with van der Waals surface area (Å²) < 4.78 is 47.4. The number of rotatable bonds is 6. The summed E-state index contributed by atoms with van der Waals surface area (Å²) >= 11 is 0. The van der Waals surface area contributed by atoms with Crippen LogP contribution >= 0.6 is 0 Å². The summed E-state index contributed by atoms with van der Waals surface area (Å²) in [6.07, 6.45) is 2.77. The van der Waals surface area contributed by atoms with Gasteiger partial charge in [0.1, 0.15) is 22.8 Å². The Labute approximate surface area is 193 Å². The highest BCUT2D eigenvalue weighted by Crippen LogP contribution is 2.30. The number of hydrogen-bond acceptors (Lipinski definition) is 6. The molecule has 0 atom stereocenters. The number of amides is 1. The summed E-state index contributed by atoms with van der Waals surface area (Å²) in [4.78, 5) is 29.6. The van der Waals surface area contributed by atoms with Crippen molar-refractivity contribution in [3.05, 3.63) is 94.3 Å². The summed E-state index contributed by atoms with van der Waals surface area (Å²) in [6.45, 7) is 1.81. The van der Waals surface area contributed by atoms with E-state index in [1.807, 2.05) is 6.92 Å². The van der Waals surface area contributed by atoms with Crippen LogP contribution in [-0.2, 0) is 10.0 Å². The van der Waals surface area contributed by atoms with Crippen molar-refractivity contribution in [3.8, 4) is 5.75 Å². The number of carbonyl (C=O) groups excluding carboxylic acids is 1. The first-order valence-electron chi connectivity index (χ1n) is 9.94. The first kappa shape index (κ1) is 22.9. The number of fused-ring (bicyclic) bond motifs is 1. The van der Waals surface area contributed by atoms with E-state index in [1.54, 1.807) is 18.3 Å². The Kier molecular flexibility index (Phi) is 6.03. The third-order valence-electron chi connectivity index (χ3n) is 4.92. The Morgan fingerprint density at radius 2 is 1.82 bits per heavy atom. The lowest BCUT2D eigenvalue weighted by molar-refractivity contribution is 0.102. The maximum absolute atomic E-state index is 13.2. The van der Waals surface area contributed by atoms with E-state index in [0.717, 1.165) is 29.8 Å². The lowest BCUT2D eigenvalue weighted by Crippen LogP contribution is -2.26. The molecule has 0 saturated carbocycles. The minimum atomic E-state index is -4.07. The standard InChI is InChI=1S/C23H19FN4O5S/c1-14-3-10-21-25-12-18(23(30)28(21)13-14)22(29)26-16-6-9-20(33-2)19(11-16)27-34(31,32)17-7-4-15(24)5-8-17/h3-13,27H,1-2H3,(H,26,29). The van der Waals surface area contributed by atoms with E-state index in [-0.39, 0.29) is 27.6 Å². The summed E-state index contributed by atoms with van der Waals surface area (Å²) in [5.41, 5.74) is 0.727. The number of pyridine rings is 1. The topological polar surface area (TPSA) is 119 Å². The second-order valence-electron chi connectivity index (χ2n) is 7.34. The van der Waals surface area contributed by atoms with Gasteiger partial charge in [0.25, 0.3) is 21.5 Å². The van der Waals surface area contributed by atoms with Gasteiger partial charge in [-0.15, -0.1) is 0 Å². The molecular weight excluding hydrogens is 463 g/mol. The summed E-state index contributed by atoms with van der Waals surface area (Å²) in [5, 5.41) is 2.57.